The molecule has 1 amide bonds. The minimum atomic E-state index is -0.583. The smallest absolute Gasteiger partial charge is 0.410 e. The normalized spacial score (nSPS) is 16.6. The molecule has 0 spiro atoms. The Balaban J connectivity index is 1.98. The van der Waals surface area contributed by atoms with E-state index in [1.165, 1.54) is 0 Å². The van der Waals surface area contributed by atoms with Crippen LogP contribution in [0.3, 0.4) is 0 Å². The Morgan fingerprint density at radius 1 is 1.32 bits per heavy atom. The first-order chi connectivity index (χ1) is 13.2. The van der Waals surface area contributed by atoms with Gasteiger partial charge in [-0.15, -0.1) is 0 Å². The van der Waals surface area contributed by atoms with Crippen molar-refractivity contribution in [3.8, 4) is 11.4 Å². The number of hydrogen-bond acceptors (Lipinski definition) is 4. The molecule has 1 unspecified atom stereocenters. The number of fused-ring (bicyclic) bond motifs is 1. The summed E-state index contributed by atoms with van der Waals surface area (Å²) < 4.78 is 5.50. The molecular formula is C21H26ClN3O3. The summed E-state index contributed by atoms with van der Waals surface area (Å²) in [6, 6.07) is 7.20. The van der Waals surface area contributed by atoms with Gasteiger partial charge in [0.2, 0.25) is 0 Å². The topological polar surface area (TPSA) is 75.3 Å². The number of aromatic nitrogens is 2. The van der Waals surface area contributed by atoms with Crippen LogP contribution >= 0.6 is 11.6 Å². The third kappa shape index (κ3) is 4.55. The molecule has 1 aromatic heterocycles. The number of carbonyl (C=O) groups excluding carboxylic acids is 1. The molecule has 0 radical (unpaired) electrons. The fourth-order valence-electron chi connectivity index (χ4n) is 3.40. The standard InChI is InChI=1S/C21H26ClN3O3/c1-5-6-14-11-25(20(27)28-21(2,3)4)12-16-17(14)23-18(24-19(16)26)13-7-9-15(22)10-8-13/h7-10,14H,5-6,11-12H2,1-4H3,(H,23,24,26). The number of nitrogens with zero attached hydrogens (tertiary/aromatic N) is 2. The number of halogens is 1. The van der Waals surface area contributed by atoms with E-state index in [2.05, 4.69) is 11.9 Å². The SMILES string of the molecule is CCCC1CN(C(=O)OC(C)(C)C)Cc2c1nc(-c1ccc(Cl)cc1)[nH]c2=O. The van der Waals surface area contributed by atoms with Gasteiger partial charge < -0.3 is 14.6 Å². The van der Waals surface area contributed by atoms with Crippen molar-refractivity contribution < 1.29 is 9.53 Å². The first-order valence-electron chi connectivity index (χ1n) is 9.55. The molecule has 1 atom stereocenters. The van der Waals surface area contributed by atoms with E-state index in [9.17, 15) is 9.59 Å². The highest BCUT2D eigenvalue weighted by Crippen LogP contribution is 2.31. The van der Waals surface area contributed by atoms with E-state index in [1.807, 2.05) is 32.9 Å². The van der Waals surface area contributed by atoms with Crippen molar-refractivity contribution in [2.45, 2.75) is 58.6 Å². The molecule has 0 fully saturated rings. The molecule has 1 aliphatic heterocycles. The van der Waals surface area contributed by atoms with Crippen molar-refractivity contribution in [3.05, 3.63) is 50.9 Å². The monoisotopic (exact) mass is 403 g/mol. The maximum Gasteiger partial charge on any atom is 0.410 e. The highest BCUT2D eigenvalue weighted by Gasteiger charge is 2.33. The lowest BCUT2D eigenvalue weighted by atomic mass is 9.91. The summed E-state index contributed by atoms with van der Waals surface area (Å²) in [4.78, 5) is 34.6. The Kier molecular flexibility index (Phi) is 5.79. The zero-order valence-electron chi connectivity index (χ0n) is 16.7. The van der Waals surface area contributed by atoms with Gasteiger partial charge in [-0.25, -0.2) is 9.78 Å². The molecule has 7 heteroatoms. The largest absolute Gasteiger partial charge is 0.444 e. The number of aromatic amines is 1. The van der Waals surface area contributed by atoms with E-state index < -0.39 is 11.7 Å². The average molecular weight is 404 g/mol. The number of H-pyrrole nitrogens is 1. The Hall–Kier alpha value is -2.34. The lowest BCUT2D eigenvalue weighted by Gasteiger charge is -2.34. The second kappa shape index (κ2) is 7.95. The number of hydrogen-bond donors (Lipinski definition) is 1. The summed E-state index contributed by atoms with van der Waals surface area (Å²) >= 11 is 5.96. The fraction of sp³-hybridized carbons (Fsp3) is 0.476. The molecule has 150 valence electrons. The van der Waals surface area contributed by atoms with Crippen LogP contribution in [0.15, 0.2) is 29.1 Å². The predicted octanol–water partition coefficient (Wildman–Crippen LogP) is 4.72. The Morgan fingerprint density at radius 3 is 2.61 bits per heavy atom. The quantitative estimate of drug-likeness (QED) is 0.804. The van der Waals surface area contributed by atoms with E-state index in [1.54, 1.807) is 17.0 Å². The van der Waals surface area contributed by atoms with E-state index in [4.69, 9.17) is 21.3 Å². The number of carbonyl (C=O) groups is 1. The number of rotatable bonds is 3. The van der Waals surface area contributed by atoms with Gasteiger partial charge in [0.25, 0.3) is 5.56 Å². The number of amides is 1. The zero-order valence-corrected chi connectivity index (χ0v) is 17.5. The van der Waals surface area contributed by atoms with E-state index in [0.717, 1.165) is 24.1 Å². The van der Waals surface area contributed by atoms with Gasteiger partial charge in [-0.1, -0.05) is 24.9 Å². The van der Waals surface area contributed by atoms with Gasteiger partial charge >= 0.3 is 6.09 Å². The van der Waals surface area contributed by atoms with Crippen molar-refractivity contribution >= 4 is 17.7 Å². The van der Waals surface area contributed by atoms with Crippen LogP contribution in [-0.2, 0) is 11.3 Å². The maximum atomic E-state index is 12.8. The molecule has 6 nitrogen and oxygen atoms in total. The van der Waals surface area contributed by atoms with Crippen LogP contribution in [0.5, 0.6) is 0 Å². The summed E-state index contributed by atoms with van der Waals surface area (Å²) in [6.07, 6.45) is 1.36. The van der Waals surface area contributed by atoms with Crippen LogP contribution in [-0.4, -0.2) is 33.1 Å². The van der Waals surface area contributed by atoms with Crippen molar-refractivity contribution in [2.24, 2.45) is 0 Å². The Morgan fingerprint density at radius 2 is 2.00 bits per heavy atom. The van der Waals surface area contributed by atoms with Crippen molar-refractivity contribution in [1.29, 1.82) is 0 Å². The maximum absolute atomic E-state index is 12.8. The molecule has 0 saturated heterocycles. The van der Waals surface area contributed by atoms with Crippen molar-refractivity contribution in [1.82, 2.24) is 14.9 Å². The molecule has 3 rings (SSSR count). The van der Waals surface area contributed by atoms with E-state index >= 15 is 0 Å². The van der Waals surface area contributed by atoms with Gasteiger partial charge in [0.15, 0.2) is 0 Å². The highest BCUT2D eigenvalue weighted by atomic mass is 35.5. The number of ether oxygens (including phenoxy) is 1. The van der Waals surface area contributed by atoms with Gasteiger partial charge in [0.05, 0.1) is 17.8 Å². The van der Waals surface area contributed by atoms with Gasteiger partial charge in [0, 0.05) is 23.0 Å². The van der Waals surface area contributed by atoms with E-state index in [0.29, 0.717) is 23.0 Å². The van der Waals surface area contributed by atoms with Crippen LogP contribution in [0.25, 0.3) is 11.4 Å². The number of nitrogens with one attached hydrogen (secondary N) is 1. The van der Waals surface area contributed by atoms with Crippen LogP contribution in [0.4, 0.5) is 4.79 Å². The van der Waals surface area contributed by atoms with Crippen LogP contribution in [0, 0.1) is 0 Å². The molecule has 0 saturated carbocycles. The minimum Gasteiger partial charge on any atom is -0.444 e. The van der Waals surface area contributed by atoms with Gasteiger partial charge in [-0.05, 0) is 51.5 Å². The summed E-state index contributed by atoms with van der Waals surface area (Å²) in [6.45, 7) is 8.27. The molecule has 28 heavy (non-hydrogen) atoms. The van der Waals surface area contributed by atoms with Crippen LogP contribution in [0.2, 0.25) is 5.02 Å². The molecule has 0 bridgehead atoms. The van der Waals surface area contributed by atoms with Crippen LogP contribution in [0.1, 0.15) is 57.7 Å². The summed E-state index contributed by atoms with van der Waals surface area (Å²) in [5, 5.41) is 0.626. The average Bonchev–Trinajstić information content (AvgIpc) is 2.61. The summed E-state index contributed by atoms with van der Waals surface area (Å²) in [5.41, 5.74) is 1.31. The van der Waals surface area contributed by atoms with Crippen molar-refractivity contribution in [2.75, 3.05) is 6.54 Å². The van der Waals surface area contributed by atoms with Crippen molar-refractivity contribution in [3.63, 3.8) is 0 Å². The Bertz CT molecular complexity index is 916. The highest BCUT2D eigenvalue weighted by molar-refractivity contribution is 6.30. The summed E-state index contributed by atoms with van der Waals surface area (Å²) in [7, 11) is 0. The molecular weight excluding hydrogens is 378 g/mol. The number of benzene rings is 1. The molecule has 2 aromatic rings. The van der Waals surface area contributed by atoms with Gasteiger partial charge in [-0.2, -0.15) is 0 Å². The zero-order chi connectivity index (χ0) is 20.5. The second-order valence-electron chi connectivity index (χ2n) is 8.13. The molecule has 1 N–H and O–H groups in total. The third-order valence-corrected chi connectivity index (χ3v) is 4.88. The third-order valence-electron chi connectivity index (χ3n) is 4.63. The Labute approximate surface area is 169 Å². The summed E-state index contributed by atoms with van der Waals surface area (Å²) in [5.74, 6) is 0.516. The lowest BCUT2D eigenvalue weighted by Crippen LogP contribution is -2.44. The minimum absolute atomic E-state index is 0.00498. The fourth-order valence-corrected chi connectivity index (χ4v) is 3.53. The molecule has 0 aliphatic carbocycles. The van der Waals surface area contributed by atoms with Gasteiger partial charge in [-0.3, -0.25) is 4.79 Å². The predicted molar refractivity (Wildman–Crippen MR) is 110 cm³/mol. The van der Waals surface area contributed by atoms with Gasteiger partial charge in [0.1, 0.15) is 11.4 Å². The second-order valence-corrected chi connectivity index (χ2v) is 8.57. The first kappa shape index (κ1) is 20.4. The molecule has 1 aliphatic rings. The van der Waals surface area contributed by atoms with Crippen LogP contribution < -0.4 is 5.56 Å². The molecule has 2 heterocycles. The molecule has 1 aromatic carbocycles. The van der Waals surface area contributed by atoms with E-state index in [-0.39, 0.29) is 18.0 Å². The first-order valence-corrected chi connectivity index (χ1v) is 9.92. The lowest BCUT2D eigenvalue weighted by molar-refractivity contribution is 0.0200.